The Hall–Kier alpha value is -4.01. The lowest BCUT2D eigenvalue weighted by Gasteiger charge is -2.40. The monoisotopic (exact) mass is 576 g/mol. The highest BCUT2D eigenvalue weighted by atomic mass is 16.6. The number of aryl methyl sites for hydroxylation is 1. The molecule has 2 aromatic rings. The molecule has 0 saturated carbocycles. The van der Waals surface area contributed by atoms with E-state index in [9.17, 15) is 30.0 Å². The summed E-state index contributed by atoms with van der Waals surface area (Å²) < 4.78 is 11.8. The number of carboxylic acids is 1. The van der Waals surface area contributed by atoms with Gasteiger partial charge < -0.3 is 44.9 Å². The molecule has 2 fully saturated rings. The summed E-state index contributed by atoms with van der Waals surface area (Å²) in [6.07, 6.45) is -0.855. The zero-order valence-corrected chi connectivity index (χ0v) is 23.3. The van der Waals surface area contributed by atoms with Crippen LogP contribution in [0.2, 0.25) is 0 Å². The van der Waals surface area contributed by atoms with Crippen LogP contribution < -0.4 is 14.4 Å². The highest BCUT2D eigenvalue weighted by Crippen LogP contribution is 2.47. The number of aliphatic hydroxyl groups is 3. The quantitative estimate of drug-likeness (QED) is 0.211. The Morgan fingerprint density at radius 1 is 1.20 bits per heavy atom. The maximum Gasteiger partial charge on any atom is 0.339 e. The lowest BCUT2D eigenvalue weighted by molar-refractivity contribution is -0.141. The molecule has 224 valence electrons. The average Bonchev–Trinajstić information content (AvgIpc) is 3.28. The maximum atomic E-state index is 12.6. The van der Waals surface area contributed by atoms with Crippen molar-refractivity contribution in [2.45, 2.75) is 45.0 Å². The molecule has 2 aliphatic heterocycles. The average molecular weight is 577 g/mol. The van der Waals surface area contributed by atoms with E-state index in [1.807, 2.05) is 24.0 Å². The van der Waals surface area contributed by atoms with Crippen LogP contribution in [0.4, 0.5) is 5.82 Å². The van der Waals surface area contributed by atoms with E-state index >= 15 is 0 Å². The summed E-state index contributed by atoms with van der Waals surface area (Å²) in [6.45, 7) is 6.07. The van der Waals surface area contributed by atoms with Crippen molar-refractivity contribution in [2.75, 3.05) is 44.8 Å². The van der Waals surface area contributed by atoms with E-state index in [0.717, 1.165) is 11.1 Å². The van der Waals surface area contributed by atoms with Crippen molar-refractivity contribution in [2.24, 2.45) is 10.8 Å². The van der Waals surface area contributed by atoms with Crippen LogP contribution >= 0.6 is 0 Å². The summed E-state index contributed by atoms with van der Waals surface area (Å²) in [7, 11) is 1.54. The van der Waals surface area contributed by atoms with E-state index < -0.39 is 36.1 Å². The number of aromatic nitrogens is 1. The predicted octanol–water partition coefficient (Wildman–Crippen LogP) is 1.17. The topological polar surface area (TPSA) is 203 Å². The third-order valence-electron chi connectivity index (χ3n) is 7.72. The van der Waals surface area contributed by atoms with Crippen LogP contribution in [0.3, 0.4) is 0 Å². The van der Waals surface area contributed by atoms with Gasteiger partial charge in [0.1, 0.15) is 17.5 Å². The van der Waals surface area contributed by atoms with E-state index in [2.05, 4.69) is 4.98 Å². The number of hydrogen-bond acceptors (Lipinski definition) is 11. The Morgan fingerprint density at radius 2 is 1.85 bits per heavy atom. The minimum atomic E-state index is -1.51. The van der Waals surface area contributed by atoms with Crippen LogP contribution in [0.1, 0.15) is 41.3 Å². The van der Waals surface area contributed by atoms with Crippen molar-refractivity contribution in [3.8, 4) is 11.5 Å². The first-order valence-corrected chi connectivity index (χ1v) is 12.9. The Bertz CT molecular complexity index is 1250. The largest absolute Gasteiger partial charge is 0.493 e. The van der Waals surface area contributed by atoms with Crippen molar-refractivity contribution >= 4 is 17.7 Å². The lowest BCUT2D eigenvalue weighted by atomic mass is 9.72. The van der Waals surface area contributed by atoms with Crippen molar-refractivity contribution in [3.05, 3.63) is 52.1 Å². The van der Waals surface area contributed by atoms with Crippen molar-refractivity contribution in [1.82, 2.24) is 9.88 Å². The third kappa shape index (κ3) is 6.66. The molecule has 14 nitrogen and oxygen atoms in total. The van der Waals surface area contributed by atoms with Gasteiger partial charge in [0, 0.05) is 30.6 Å². The third-order valence-corrected chi connectivity index (χ3v) is 7.72. The van der Waals surface area contributed by atoms with E-state index in [-0.39, 0.29) is 30.7 Å². The minimum Gasteiger partial charge on any atom is -0.493 e. The van der Waals surface area contributed by atoms with Gasteiger partial charge in [-0.25, -0.2) is 9.78 Å². The number of carbonyl (C=O) groups is 2. The van der Waals surface area contributed by atoms with E-state index in [4.69, 9.17) is 19.6 Å². The van der Waals surface area contributed by atoms with Gasteiger partial charge in [-0.2, -0.15) is 0 Å². The van der Waals surface area contributed by atoms with Gasteiger partial charge in [-0.05, 0) is 43.2 Å². The first-order valence-electron chi connectivity index (χ1n) is 12.9. The summed E-state index contributed by atoms with van der Waals surface area (Å²) in [5.74, 6) is -0.459. The Balaban J connectivity index is 0.00000147. The van der Waals surface area contributed by atoms with Crippen LogP contribution in [0.25, 0.3) is 0 Å². The molecular formula is C27H36N4O10. The van der Waals surface area contributed by atoms with Gasteiger partial charge >= 0.3 is 5.97 Å². The van der Waals surface area contributed by atoms with Gasteiger partial charge in [-0.15, -0.1) is 4.91 Å². The zero-order chi connectivity index (χ0) is 30.5. The fourth-order valence-electron chi connectivity index (χ4n) is 5.22. The number of methoxy groups -OCH3 is 1. The number of carbonyl (C=O) groups excluding carboxylic acids is 1. The van der Waals surface area contributed by atoms with E-state index in [1.54, 1.807) is 32.2 Å². The SMILES string of the molecule is COc1ccc([C@@H]2CN(C(=O)C(O)CO)C[C@@]2(C)C(C)O)cc1OC1CN(c2ncc(C)cc2C(=O)O)C1.O=NO. The molecule has 0 radical (unpaired) electrons. The molecule has 0 bridgehead atoms. The summed E-state index contributed by atoms with van der Waals surface area (Å²) in [5, 5.41) is 47.2. The number of likely N-dealkylation sites (tertiary alicyclic amines) is 1. The van der Waals surface area contributed by atoms with Crippen LogP contribution in [-0.4, -0.2) is 106 Å². The number of ether oxygens (including phenoxy) is 2. The first kappa shape index (κ1) is 31.5. The number of anilines is 1. The molecule has 4 atom stereocenters. The summed E-state index contributed by atoms with van der Waals surface area (Å²) >= 11 is 0. The van der Waals surface area contributed by atoms with E-state index in [1.165, 1.54) is 17.3 Å². The minimum absolute atomic E-state index is 0.145. The van der Waals surface area contributed by atoms with Crippen LogP contribution in [0.5, 0.6) is 11.5 Å². The van der Waals surface area contributed by atoms with Gasteiger partial charge in [0.05, 0.1) is 32.9 Å². The van der Waals surface area contributed by atoms with Crippen LogP contribution in [-0.2, 0) is 4.79 Å². The molecule has 2 saturated heterocycles. The number of hydrogen-bond donors (Lipinski definition) is 5. The number of nitrogens with zero attached hydrogens (tertiary/aromatic N) is 4. The zero-order valence-electron chi connectivity index (χ0n) is 23.3. The second-order valence-corrected chi connectivity index (χ2v) is 10.5. The number of aromatic carboxylic acids is 1. The first-order chi connectivity index (χ1) is 19.4. The molecule has 1 aromatic heterocycles. The number of carboxylic acid groups (broad SMARTS) is 1. The molecule has 1 amide bonds. The number of aliphatic hydroxyl groups excluding tert-OH is 3. The fourth-order valence-corrected chi connectivity index (χ4v) is 5.22. The Labute approximate surface area is 236 Å². The van der Waals surface area contributed by atoms with Gasteiger partial charge in [-0.1, -0.05) is 13.0 Å². The van der Waals surface area contributed by atoms with Crippen molar-refractivity contribution in [1.29, 1.82) is 0 Å². The smallest absolute Gasteiger partial charge is 0.339 e. The predicted molar refractivity (Wildman–Crippen MR) is 145 cm³/mol. The molecule has 5 N–H and O–H groups in total. The summed E-state index contributed by atoms with van der Waals surface area (Å²) in [6, 6.07) is 7.09. The molecule has 4 rings (SSSR count). The molecule has 1 aromatic carbocycles. The maximum absolute atomic E-state index is 12.6. The highest BCUT2D eigenvalue weighted by molar-refractivity contribution is 5.93. The summed E-state index contributed by atoms with van der Waals surface area (Å²) in [4.78, 5) is 40.0. The number of amides is 1. The van der Waals surface area contributed by atoms with Gasteiger partial charge in [0.15, 0.2) is 22.9 Å². The second-order valence-electron chi connectivity index (χ2n) is 10.5. The van der Waals surface area contributed by atoms with Crippen LogP contribution in [0, 0.1) is 17.2 Å². The molecule has 0 spiro atoms. The van der Waals surface area contributed by atoms with Gasteiger partial charge in [0.25, 0.3) is 5.91 Å². The molecule has 14 heteroatoms. The highest BCUT2D eigenvalue weighted by Gasteiger charge is 2.49. The standard InChI is InChI=1S/C27H35N3O8.HNO2/c1-15-7-19(26(35)36)24(28-9-15)29-10-18(11-29)38-23-8-17(5-6-22(23)37-4)20-12-30(25(34)21(33)13-31)14-27(20,3)16(2)32;2-1-3/h5-9,16,18,20-21,31-33H,10-14H2,1-4H3,(H,35,36);(H,2,3)/t16?,20-,21?,27-;/m0./s1. The number of rotatable bonds is 9. The van der Waals surface area contributed by atoms with Crippen molar-refractivity contribution in [3.63, 3.8) is 0 Å². The molecule has 41 heavy (non-hydrogen) atoms. The molecule has 0 aliphatic carbocycles. The second kappa shape index (κ2) is 13.1. The van der Waals surface area contributed by atoms with Crippen LogP contribution in [0.15, 0.2) is 35.8 Å². The molecule has 2 aliphatic rings. The molecule has 2 unspecified atom stereocenters. The van der Waals surface area contributed by atoms with Crippen molar-refractivity contribution < 1.29 is 44.7 Å². The number of pyridine rings is 1. The normalized spacial score (nSPS) is 21.7. The fraction of sp³-hybridized carbons (Fsp3) is 0.519. The van der Waals surface area contributed by atoms with E-state index in [0.29, 0.717) is 30.4 Å². The Kier molecular flexibility index (Phi) is 10.1. The number of benzene rings is 1. The lowest BCUT2D eigenvalue weighted by Crippen LogP contribution is -2.54. The van der Waals surface area contributed by atoms with Gasteiger partial charge in [0.2, 0.25) is 0 Å². The summed E-state index contributed by atoms with van der Waals surface area (Å²) in [5.41, 5.74) is 1.05. The molecular weight excluding hydrogens is 540 g/mol. The van der Waals surface area contributed by atoms with Gasteiger partial charge in [-0.3, -0.25) is 4.79 Å². The Morgan fingerprint density at radius 3 is 2.41 bits per heavy atom. The molecule has 3 heterocycles.